The number of hydrogen-bond acceptors (Lipinski definition) is 34. The van der Waals surface area contributed by atoms with Gasteiger partial charge in [-0.1, -0.05) is 0 Å². The van der Waals surface area contributed by atoms with Crippen LogP contribution in [0.5, 0.6) is 0 Å². The Kier molecular flexibility index (Phi) is 24.5. The van der Waals surface area contributed by atoms with E-state index in [0.29, 0.717) is 0 Å². The van der Waals surface area contributed by atoms with Gasteiger partial charge in [0.05, 0.1) is 45.2 Å². The second-order valence-electron chi connectivity index (χ2n) is 21.8. The van der Waals surface area contributed by atoms with Crippen molar-refractivity contribution < 1.29 is 168 Å². The second-order valence-corrected chi connectivity index (χ2v) is 21.8. The molecule has 0 aromatic carbocycles. The Balaban J connectivity index is 1.09. The van der Waals surface area contributed by atoms with Crippen molar-refractivity contribution >= 4 is 17.7 Å². The van der Waals surface area contributed by atoms with Crippen LogP contribution in [0.2, 0.25) is 0 Å². The molecule has 7 rings (SSSR count). The van der Waals surface area contributed by atoms with E-state index in [9.17, 15) is 106 Å². The Labute approximate surface area is 483 Å². The molecule has 0 radical (unpaired) electrons. The van der Waals surface area contributed by atoms with Gasteiger partial charge in [-0.05, 0) is 13.8 Å². The first kappa shape index (κ1) is 69.6. The summed E-state index contributed by atoms with van der Waals surface area (Å²) in [5.74, 6) is -2.42. The largest absolute Gasteiger partial charge is 0.394 e. The molecule has 7 heterocycles. The molecule has 7 aliphatic heterocycles. The summed E-state index contributed by atoms with van der Waals surface area (Å²) in [7, 11) is 0. The number of ether oxygens (including phenoxy) is 13. The standard InChI is InChI=1S/C48H81N3O34/c1-11-24(58)31(65)35(69)45(75-11)73-10-20-39(29(63)21(42(72)77-20)49-13(3)55)82-43-22(50-14(4)56)30(64)38(18(8-54)80-43)83-47-37(71)33(67)27(61)19(81-47)9-74-48-41(34(68)26(60)16(6-52)79-48)85-44-23(51-15(5)57)40(28(62)17(7-53)78-44)84-46-36(70)32(66)25(59)12(2)76-46/h11-12,16-48,52-54,58-72H,6-10H2,1-5H3,(H,49,55)(H,50,56)(H,51,57)/t11-,12-,16+,17+,18+,19+,20+,21+,22+,23+,24+,25+,26+,27+,28+,29+,30+,31+,32+,33-,34-,35-,36-,37-,38+,39+,40+,41-,42?,43-,44-,45+,46-,47-,48-/m0/s1. The summed E-state index contributed by atoms with van der Waals surface area (Å²) in [6, 6.07) is -5.09. The first-order valence-electron chi connectivity index (χ1n) is 27.3. The Bertz CT molecular complexity index is 2150. The maximum atomic E-state index is 12.7. The smallest absolute Gasteiger partial charge is 0.217 e. The molecule has 0 aromatic rings. The van der Waals surface area contributed by atoms with Gasteiger partial charge in [0, 0.05) is 20.8 Å². The van der Waals surface area contributed by atoms with Gasteiger partial charge in [-0.3, -0.25) is 14.4 Å². The van der Waals surface area contributed by atoms with Crippen molar-refractivity contribution in [2.75, 3.05) is 33.0 Å². The van der Waals surface area contributed by atoms with Gasteiger partial charge in [0.2, 0.25) is 17.7 Å². The van der Waals surface area contributed by atoms with Crippen LogP contribution in [0.1, 0.15) is 34.6 Å². The summed E-state index contributed by atoms with van der Waals surface area (Å²) in [4.78, 5) is 37.6. The molecule has 21 N–H and O–H groups in total. The van der Waals surface area contributed by atoms with Crippen molar-refractivity contribution in [3.05, 3.63) is 0 Å². The van der Waals surface area contributed by atoms with Gasteiger partial charge < -0.3 is 169 Å². The number of aliphatic hydroxyl groups excluding tert-OH is 18. The van der Waals surface area contributed by atoms with E-state index in [1.54, 1.807) is 0 Å². The predicted octanol–water partition coefficient (Wildman–Crippen LogP) is -13.8. The Hall–Kier alpha value is -2.83. The number of amides is 3. The van der Waals surface area contributed by atoms with Crippen LogP contribution in [-0.2, 0) is 76.0 Å². The summed E-state index contributed by atoms with van der Waals surface area (Å²) < 4.78 is 75.6. The molecule has 7 aliphatic rings. The summed E-state index contributed by atoms with van der Waals surface area (Å²) in [6.07, 6.45) is -58.4. The lowest BCUT2D eigenvalue weighted by Gasteiger charge is -2.50. The topological polar surface area (TPSA) is 571 Å². The molecule has 37 nitrogen and oxygen atoms in total. The van der Waals surface area contributed by atoms with Crippen molar-refractivity contribution in [2.45, 2.75) is 249 Å². The van der Waals surface area contributed by atoms with Gasteiger partial charge in [0.25, 0.3) is 0 Å². The van der Waals surface area contributed by atoms with E-state index in [1.165, 1.54) is 13.8 Å². The van der Waals surface area contributed by atoms with E-state index in [0.717, 1.165) is 20.8 Å². The molecule has 0 bridgehead atoms. The SMILES string of the molecule is CC(=O)N[C@H]1[C@H](O[C@H]2[C@H](O)[C@@H](NC(C)=O)C(O)O[C@@H]2CO[C@@H]2O[C@@H](C)[C@@H](O)[C@@H](O)[C@@H]2O)O[C@H](CO)[C@@H](O[C@@H]2O[C@H](CO[C@H]3O[C@H](CO)[C@@H](O)[C@H](O)[C@@H]3O[C@@H]3O[C@H](CO)[C@@H](O)[C@H](O[C@@H]4O[C@@H](C)[C@@H](O)[C@@H](O)[C@@H]4O)[C@H]3NC(C)=O)[C@@H](O)[C@H](O)[C@@H]2O)[C@@H]1O. The van der Waals surface area contributed by atoms with Crippen molar-refractivity contribution in [3.63, 3.8) is 0 Å². The molecular formula is C48H81N3O34. The zero-order valence-corrected chi connectivity index (χ0v) is 46.3. The molecule has 0 saturated carbocycles. The summed E-state index contributed by atoms with van der Waals surface area (Å²) in [5.41, 5.74) is 0. The zero-order chi connectivity index (χ0) is 62.8. The number of nitrogens with one attached hydrogen (secondary N) is 3. The maximum Gasteiger partial charge on any atom is 0.217 e. The van der Waals surface area contributed by atoms with E-state index in [-0.39, 0.29) is 0 Å². The van der Waals surface area contributed by atoms with Gasteiger partial charge in [-0.25, -0.2) is 0 Å². The molecule has 0 aliphatic carbocycles. The van der Waals surface area contributed by atoms with Gasteiger partial charge in [0.15, 0.2) is 44.0 Å². The van der Waals surface area contributed by atoms with E-state index in [4.69, 9.17) is 61.6 Å². The fraction of sp³-hybridized carbons (Fsp3) is 0.938. The average Bonchev–Trinajstić information content (AvgIpc) is 2.04. The molecule has 1 unspecified atom stereocenters. The first-order valence-corrected chi connectivity index (χ1v) is 27.3. The summed E-state index contributed by atoms with van der Waals surface area (Å²) in [5, 5.41) is 203. The lowest BCUT2D eigenvalue weighted by Crippen LogP contribution is -2.70. The minimum Gasteiger partial charge on any atom is -0.394 e. The third kappa shape index (κ3) is 15.5. The Morgan fingerprint density at radius 1 is 0.329 bits per heavy atom. The molecule has 85 heavy (non-hydrogen) atoms. The monoisotopic (exact) mass is 1240 g/mol. The molecule has 7 fully saturated rings. The van der Waals surface area contributed by atoms with Crippen LogP contribution in [0, 0.1) is 0 Å². The van der Waals surface area contributed by atoms with Gasteiger partial charge in [-0.15, -0.1) is 0 Å². The van der Waals surface area contributed by atoms with Crippen LogP contribution in [0.15, 0.2) is 0 Å². The van der Waals surface area contributed by atoms with E-state index in [1.807, 2.05) is 0 Å². The molecule has 0 spiro atoms. The van der Waals surface area contributed by atoms with Gasteiger partial charge in [-0.2, -0.15) is 0 Å². The van der Waals surface area contributed by atoms with Crippen molar-refractivity contribution in [2.24, 2.45) is 0 Å². The van der Waals surface area contributed by atoms with Crippen LogP contribution < -0.4 is 16.0 Å². The molecule has 3 amide bonds. The number of carbonyl (C=O) groups is 3. The maximum absolute atomic E-state index is 12.7. The normalized spacial score (nSPS) is 49.8. The van der Waals surface area contributed by atoms with E-state index < -0.39 is 266 Å². The number of aliphatic hydroxyl groups is 18. The Morgan fingerprint density at radius 3 is 1.28 bits per heavy atom. The van der Waals surface area contributed by atoms with Crippen molar-refractivity contribution in [1.29, 1.82) is 0 Å². The minimum atomic E-state index is -2.20. The van der Waals surface area contributed by atoms with E-state index in [2.05, 4.69) is 16.0 Å². The Morgan fingerprint density at radius 2 is 0.706 bits per heavy atom. The number of rotatable bonds is 20. The molecular weight excluding hydrogens is 1160 g/mol. The highest BCUT2D eigenvalue weighted by Crippen LogP contribution is 2.37. The van der Waals surface area contributed by atoms with Crippen LogP contribution in [0.3, 0.4) is 0 Å². The van der Waals surface area contributed by atoms with Crippen molar-refractivity contribution in [3.8, 4) is 0 Å². The highest BCUT2D eigenvalue weighted by Gasteiger charge is 2.58. The fourth-order valence-corrected chi connectivity index (χ4v) is 10.9. The molecule has 7 saturated heterocycles. The number of hydrogen-bond donors (Lipinski definition) is 21. The minimum absolute atomic E-state index is 0.734. The zero-order valence-electron chi connectivity index (χ0n) is 46.3. The average molecular weight is 1240 g/mol. The van der Waals surface area contributed by atoms with Gasteiger partial charge >= 0.3 is 0 Å². The lowest BCUT2D eigenvalue weighted by atomic mass is 9.94. The van der Waals surface area contributed by atoms with Crippen LogP contribution in [0.25, 0.3) is 0 Å². The van der Waals surface area contributed by atoms with Crippen LogP contribution in [0.4, 0.5) is 0 Å². The lowest BCUT2D eigenvalue weighted by molar-refractivity contribution is -0.379. The highest BCUT2D eigenvalue weighted by atomic mass is 16.8. The summed E-state index contributed by atoms with van der Waals surface area (Å²) in [6.45, 7) is 1.11. The van der Waals surface area contributed by atoms with E-state index >= 15 is 0 Å². The second kappa shape index (κ2) is 29.9. The number of carbonyl (C=O) groups excluding carboxylic acids is 3. The van der Waals surface area contributed by atoms with Gasteiger partial charge in [0.1, 0.15) is 159 Å². The fourth-order valence-electron chi connectivity index (χ4n) is 10.9. The third-order valence-electron chi connectivity index (χ3n) is 15.6. The summed E-state index contributed by atoms with van der Waals surface area (Å²) >= 11 is 0. The molecule has 35 atom stereocenters. The van der Waals surface area contributed by atoms with Crippen molar-refractivity contribution in [1.82, 2.24) is 16.0 Å². The first-order chi connectivity index (χ1) is 40.0. The quantitative estimate of drug-likeness (QED) is 0.0538. The third-order valence-corrected chi connectivity index (χ3v) is 15.6. The highest BCUT2D eigenvalue weighted by molar-refractivity contribution is 5.74. The molecule has 37 heteroatoms. The molecule has 492 valence electrons. The predicted molar refractivity (Wildman–Crippen MR) is 264 cm³/mol. The van der Waals surface area contributed by atoms with Crippen LogP contribution >= 0.6 is 0 Å². The van der Waals surface area contributed by atoms with Crippen LogP contribution in [-0.4, -0.2) is 357 Å². The molecule has 0 aromatic heterocycles.